The van der Waals surface area contributed by atoms with Crippen molar-refractivity contribution in [3.05, 3.63) is 35.6 Å². The third-order valence-corrected chi connectivity index (χ3v) is 2.69. The summed E-state index contributed by atoms with van der Waals surface area (Å²) >= 11 is 0. The van der Waals surface area contributed by atoms with Crippen LogP contribution in [-0.2, 0) is 0 Å². The fourth-order valence-electron chi connectivity index (χ4n) is 1.83. The molecule has 1 rings (SSSR count). The summed E-state index contributed by atoms with van der Waals surface area (Å²) < 4.78 is 0. The standard InChI is InChI=1S/C14H23N/c1-5-13-7-6-8-14(10-9-13)15(4)11-12(2)3/h6,8-10,12H,5,7,11H2,1-4H3. The second kappa shape index (κ2) is 5.79. The van der Waals surface area contributed by atoms with Gasteiger partial charge in [0, 0.05) is 19.3 Å². The van der Waals surface area contributed by atoms with E-state index in [2.05, 4.69) is 57.0 Å². The maximum atomic E-state index is 2.33. The van der Waals surface area contributed by atoms with Gasteiger partial charge < -0.3 is 4.90 Å². The molecule has 1 nitrogen and oxygen atoms in total. The van der Waals surface area contributed by atoms with Gasteiger partial charge in [-0.2, -0.15) is 0 Å². The van der Waals surface area contributed by atoms with Gasteiger partial charge >= 0.3 is 0 Å². The molecule has 0 aromatic carbocycles. The smallest absolute Gasteiger partial charge is 0.0360 e. The molecule has 84 valence electrons. The topological polar surface area (TPSA) is 3.24 Å². The van der Waals surface area contributed by atoms with Crippen molar-refractivity contribution in [3.8, 4) is 0 Å². The summed E-state index contributed by atoms with van der Waals surface area (Å²) in [5.41, 5.74) is 2.84. The van der Waals surface area contributed by atoms with Crippen LogP contribution in [0.25, 0.3) is 0 Å². The van der Waals surface area contributed by atoms with Crippen LogP contribution in [0.5, 0.6) is 0 Å². The van der Waals surface area contributed by atoms with Crippen molar-refractivity contribution in [1.29, 1.82) is 0 Å². The number of allylic oxidation sites excluding steroid dienone is 5. The first-order valence-electron chi connectivity index (χ1n) is 5.91. The molecule has 15 heavy (non-hydrogen) atoms. The molecule has 0 aromatic heterocycles. The number of hydrogen-bond acceptors (Lipinski definition) is 1. The highest BCUT2D eigenvalue weighted by atomic mass is 15.1. The second-order valence-electron chi connectivity index (χ2n) is 4.65. The van der Waals surface area contributed by atoms with Gasteiger partial charge in [0.1, 0.15) is 0 Å². The van der Waals surface area contributed by atoms with Gasteiger partial charge in [-0.05, 0) is 30.9 Å². The van der Waals surface area contributed by atoms with Crippen molar-refractivity contribution in [2.24, 2.45) is 5.92 Å². The summed E-state index contributed by atoms with van der Waals surface area (Å²) in [6.45, 7) is 7.84. The number of hydrogen-bond donors (Lipinski definition) is 0. The van der Waals surface area contributed by atoms with Crippen LogP contribution in [0.2, 0.25) is 0 Å². The van der Waals surface area contributed by atoms with Gasteiger partial charge in [0.2, 0.25) is 0 Å². The van der Waals surface area contributed by atoms with Crippen molar-refractivity contribution in [2.45, 2.75) is 33.6 Å². The molecule has 0 atom stereocenters. The molecule has 0 fully saturated rings. The number of likely N-dealkylation sites (N-methyl/N-ethyl adjacent to an activating group) is 1. The SMILES string of the molecule is CCC1=CC=C(N(C)CC(C)C)C=CC1. The Kier molecular flexibility index (Phi) is 4.67. The Morgan fingerprint density at radius 2 is 2.07 bits per heavy atom. The van der Waals surface area contributed by atoms with Crippen molar-refractivity contribution in [3.63, 3.8) is 0 Å². The van der Waals surface area contributed by atoms with Gasteiger partial charge in [-0.25, -0.2) is 0 Å². The third-order valence-electron chi connectivity index (χ3n) is 2.69. The van der Waals surface area contributed by atoms with Crippen molar-refractivity contribution >= 4 is 0 Å². The van der Waals surface area contributed by atoms with Crippen LogP contribution < -0.4 is 0 Å². The van der Waals surface area contributed by atoms with E-state index in [0.717, 1.165) is 19.4 Å². The molecule has 0 aromatic rings. The highest BCUT2D eigenvalue weighted by Gasteiger charge is 2.05. The first-order chi connectivity index (χ1) is 7.13. The Morgan fingerprint density at radius 1 is 1.33 bits per heavy atom. The minimum Gasteiger partial charge on any atom is -0.374 e. The largest absolute Gasteiger partial charge is 0.374 e. The van der Waals surface area contributed by atoms with Crippen LogP contribution in [0.1, 0.15) is 33.6 Å². The molecule has 0 bridgehead atoms. The molecule has 1 aliphatic rings. The van der Waals surface area contributed by atoms with Crippen LogP contribution in [0.3, 0.4) is 0 Å². The van der Waals surface area contributed by atoms with E-state index in [9.17, 15) is 0 Å². The molecular weight excluding hydrogens is 182 g/mol. The lowest BCUT2D eigenvalue weighted by Crippen LogP contribution is -2.21. The molecule has 0 N–H and O–H groups in total. The van der Waals surface area contributed by atoms with Crippen molar-refractivity contribution in [1.82, 2.24) is 4.90 Å². The first-order valence-corrected chi connectivity index (χ1v) is 5.91. The van der Waals surface area contributed by atoms with Crippen molar-refractivity contribution in [2.75, 3.05) is 13.6 Å². The van der Waals surface area contributed by atoms with E-state index in [1.54, 1.807) is 0 Å². The Bertz CT molecular complexity index is 282. The third kappa shape index (κ3) is 3.94. The average Bonchev–Trinajstić information content (AvgIpc) is 2.41. The van der Waals surface area contributed by atoms with E-state index in [4.69, 9.17) is 0 Å². The highest BCUT2D eigenvalue weighted by molar-refractivity contribution is 5.29. The molecule has 0 saturated carbocycles. The van der Waals surface area contributed by atoms with Crippen molar-refractivity contribution < 1.29 is 0 Å². The molecule has 0 amide bonds. The van der Waals surface area contributed by atoms with Crippen LogP contribution in [0.15, 0.2) is 35.6 Å². The minimum absolute atomic E-state index is 0.710. The number of nitrogens with zero attached hydrogens (tertiary/aromatic N) is 1. The highest BCUT2D eigenvalue weighted by Crippen LogP contribution is 2.16. The molecule has 0 aliphatic heterocycles. The predicted octanol–water partition coefficient (Wildman–Crippen LogP) is 3.75. The lowest BCUT2D eigenvalue weighted by atomic mass is 10.1. The van der Waals surface area contributed by atoms with Gasteiger partial charge in [-0.3, -0.25) is 0 Å². The number of rotatable bonds is 4. The average molecular weight is 205 g/mol. The van der Waals surface area contributed by atoms with E-state index in [0.29, 0.717) is 5.92 Å². The quantitative estimate of drug-likeness (QED) is 0.675. The van der Waals surface area contributed by atoms with Gasteiger partial charge in [0.15, 0.2) is 0 Å². The summed E-state index contributed by atoms with van der Waals surface area (Å²) in [5.74, 6) is 0.710. The predicted molar refractivity (Wildman–Crippen MR) is 67.7 cm³/mol. The molecular formula is C14H23N. The molecule has 1 aliphatic carbocycles. The maximum Gasteiger partial charge on any atom is 0.0360 e. The van der Waals surface area contributed by atoms with Crippen LogP contribution in [0.4, 0.5) is 0 Å². The Morgan fingerprint density at radius 3 is 2.67 bits per heavy atom. The van der Waals surface area contributed by atoms with E-state index in [1.807, 2.05) is 0 Å². The van der Waals surface area contributed by atoms with Gasteiger partial charge in [0.25, 0.3) is 0 Å². The van der Waals surface area contributed by atoms with Gasteiger partial charge in [-0.15, -0.1) is 0 Å². The summed E-state index contributed by atoms with van der Waals surface area (Å²) in [4.78, 5) is 2.33. The minimum atomic E-state index is 0.710. The molecule has 0 heterocycles. The first kappa shape index (κ1) is 12.1. The van der Waals surface area contributed by atoms with Gasteiger partial charge in [-0.1, -0.05) is 38.5 Å². The zero-order valence-corrected chi connectivity index (χ0v) is 10.5. The van der Waals surface area contributed by atoms with Gasteiger partial charge in [0.05, 0.1) is 0 Å². The molecule has 0 spiro atoms. The molecule has 0 unspecified atom stereocenters. The summed E-state index contributed by atoms with van der Waals surface area (Å²) in [6.07, 6.45) is 11.3. The van der Waals surface area contributed by atoms with Crippen LogP contribution in [0, 0.1) is 5.92 Å². The summed E-state index contributed by atoms with van der Waals surface area (Å²) in [6, 6.07) is 0. The fourth-order valence-corrected chi connectivity index (χ4v) is 1.83. The zero-order valence-electron chi connectivity index (χ0n) is 10.5. The molecule has 1 heteroatoms. The lowest BCUT2D eigenvalue weighted by molar-refractivity contribution is 0.371. The normalized spacial score (nSPS) is 16.1. The van der Waals surface area contributed by atoms with E-state index >= 15 is 0 Å². The van der Waals surface area contributed by atoms with E-state index in [1.165, 1.54) is 11.3 Å². The Labute approximate surface area is 94.2 Å². The fraction of sp³-hybridized carbons (Fsp3) is 0.571. The summed E-state index contributed by atoms with van der Waals surface area (Å²) in [7, 11) is 2.17. The molecule has 0 radical (unpaired) electrons. The maximum absolute atomic E-state index is 2.33. The lowest BCUT2D eigenvalue weighted by Gasteiger charge is -2.22. The monoisotopic (exact) mass is 205 g/mol. The van der Waals surface area contributed by atoms with Crippen LogP contribution >= 0.6 is 0 Å². The second-order valence-corrected chi connectivity index (χ2v) is 4.65. The zero-order chi connectivity index (χ0) is 11.3. The van der Waals surface area contributed by atoms with E-state index < -0.39 is 0 Å². The van der Waals surface area contributed by atoms with Crippen LogP contribution in [-0.4, -0.2) is 18.5 Å². The summed E-state index contributed by atoms with van der Waals surface area (Å²) in [5, 5.41) is 0. The Hall–Kier alpha value is -0.980. The Balaban J connectivity index is 2.69. The molecule has 0 saturated heterocycles. The van der Waals surface area contributed by atoms with E-state index in [-0.39, 0.29) is 0 Å².